The minimum absolute atomic E-state index is 0.0862. The van der Waals surface area contributed by atoms with Crippen molar-refractivity contribution in [1.82, 2.24) is 14.9 Å². The van der Waals surface area contributed by atoms with Gasteiger partial charge in [0.1, 0.15) is 17.9 Å². The standard InChI is InChI=1S/C29H31Cl2N7O3/c1-4-29(39)35-22-11-23(26(40-3)12-25(22)37-15-18-10-19(37)14-36(18)2)34-27-13-28(33-16-32-27)38-24(7-8-41-38)17-5-6-20(30)21(31)9-17/h4-6,9,11-13,16,18-19,24H,1,7-8,10,14-15H2,2-3H3,(H,35,39)(H,32,33,34)/t18-,19-,24-/m1/s1. The molecule has 3 aliphatic rings. The molecule has 2 N–H and O–H groups in total. The summed E-state index contributed by atoms with van der Waals surface area (Å²) in [6.45, 7) is 6.02. The monoisotopic (exact) mass is 595 g/mol. The molecule has 0 saturated carbocycles. The third-order valence-corrected chi connectivity index (χ3v) is 8.70. The van der Waals surface area contributed by atoms with Crippen LogP contribution < -0.4 is 25.3 Å². The number of methoxy groups -OCH3 is 1. The Hall–Kier alpha value is -3.57. The molecule has 3 saturated heterocycles. The molecule has 0 radical (unpaired) electrons. The Morgan fingerprint density at radius 1 is 1.12 bits per heavy atom. The number of halogens is 2. The number of likely N-dealkylation sites (N-methyl/N-ethyl adjacent to an activating group) is 1. The van der Waals surface area contributed by atoms with Crippen LogP contribution in [0.5, 0.6) is 5.75 Å². The highest BCUT2D eigenvalue weighted by Crippen LogP contribution is 2.43. The van der Waals surface area contributed by atoms with E-state index in [0.29, 0.717) is 57.5 Å². The van der Waals surface area contributed by atoms with Gasteiger partial charge in [-0.25, -0.2) is 15.0 Å². The second kappa shape index (κ2) is 11.4. The summed E-state index contributed by atoms with van der Waals surface area (Å²) in [5.74, 6) is 1.46. The second-order valence-electron chi connectivity index (χ2n) is 10.4. The van der Waals surface area contributed by atoms with Gasteiger partial charge >= 0.3 is 0 Å². The quantitative estimate of drug-likeness (QED) is 0.330. The van der Waals surface area contributed by atoms with E-state index in [0.717, 1.165) is 37.2 Å². The predicted molar refractivity (Wildman–Crippen MR) is 162 cm³/mol. The van der Waals surface area contributed by atoms with E-state index in [1.54, 1.807) is 24.3 Å². The zero-order valence-corrected chi connectivity index (χ0v) is 24.3. The number of amides is 1. The van der Waals surface area contributed by atoms with Gasteiger partial charge in [-0.2, -0.15) is 0 Å². The van der Waals surface area contributed by atoms with Crippen molar-refractivity contribution in [3.05, 3.63) is 71.0 Å². The smallest absolute Gasteiger partial charge is 0.247 e. The van der Waals surface area contributed by atoms with Gasteiger partial charge in [-0.15, -0.1) is 0 Å². The van der Waals surface area contributed by atoms with Crippen LogP contribution in [0, 0.1) is 0 Å². The average molecular weight is 597 g/mol. The highest BCUT2D eigenvalue weighted by molar-refractivity contribution is 6.42. The lowest BCUT2D eigenvalue weighted by atomic mass is 10.0. The van der Waals surface area contributed by atoms with E-state index < -0.39 is 0 Å². The molecule has 41 heavy (non-hydrogen) atoms. The number of carbonyl (C=O) groups is 1. The van der Waals surface area contributed by atoms with Crippen molar-refractivity contribution in [1.29, 1.82) is 0 Å². The second-order valence-corrected chi connectivity index (χ2v) is 11.2. The van der Waals surface area contributed by atoms with Gasteiger partial charge in [-0.05, 0) is 43.3 Å². The molecule has 2 aromatic carbocycles. The van der Waals surface area contributed by atoms with E-state index in [1.165, 1.54) is 12.4 Å². The van der Waals surface area contributed by atoms with Crippen LogP contribution in [-0.4, -0.2) is 66.7 Å². The molecule has 12 heteroatoms. The van der Waals surface area contributed by atoms with E-state index in [2.05, 4.69) is 44.0 Å². The maximum atomic E-state index is 12.4. The van der Waals surface area contributed by atoms with Crippen molar-refractivity contribution >= 4 is 57.8 Å². The molecule has 10 nitrogen and oxygen atoms in total. The number of piperazine rings is 1. The summed E-state index contributed by atoms with van der Waals surface area (Å²) in [6, 6.07) is 12.0. The topological polar surface area (TPSA) is 95.1 Å². The number of ether oxygens (including phenoxy) is 1. The molecule has 1 aromatic heterocycles. The van der Waals surface area contributed by atoms with Crippen LogP contribution in [0.25, 0.3) is 0 Å². The summed E-state index contributed by atoms with van der Waals surface area (Å²) in [5.41, 5.74) is 3.21. The number of nitrogens with zero attached hydrogens (tertiary/aromatic N) is 5. The fraction of sp³-hybridized carbons (Fsp3) is 0.345. The van der Waals surface area contributed by atoms with Crippen LogP contribution in [0.1, 0.15) is 24.4 Å². The fourth-order valence-corrected chi connectivity index (χ4v) is 6.22. The first kappa shape index (κ1) is 27.6. The number of nitrogens with one attached hydrogen (secondary N) is 2. The number of likely N-dealkylation sites (tertiary alicyclic amines) is 1. The van der Waals surface area contributed by atoms with Gasteiger partial charge < -0.3 is 20.3 Å². The molecule has 3 aromatic rings. The molecule has 6 rings (SSSR count). The normalized spacial score (nSPS) is 21.8. The average Bonchev–Trinajstić information content (AvgIpc) is 3.71. The molecule has 3 atom stereocenters. The number of anilines is 5. The zero-order chi connectivity index (χ0) is 28.7. The minimum Gasteiger partial charge on any atom is -0.494 e. The SMILES string of the molecule is C=CC(=O)Nc1cc(Nc2cc(N3OCC[C@@H]3c3ccc(Cl)c(Cl)c3)ncn2)c(OC)cc1N1C[C@H]2C[C@@H]1CN2C. The lowest BCUT2D eigenvalue weighted by Gasteiger charge is -2.35. The zero-order valence-electron chi connectivity index (χ0n) is 22.8. The summed E-state index contributed by atoms with van der Waals surface area (Å²) >= 11 is 12.4. The highest BCUT2D eigenvalue weighted by Gasteiger charge is 2.42. The third-order valence-electron chi connectivity index (χ3n) is 7.96. The van der Waals surface area contributed by atoms with Gasteiger partial charge in [0, 0.05) is 43.7 Å². The largest absolute Gasteiger partial charge is 0.494 e. The van der Waals surface area contributed by atoms with E-state index in [4.69, 9.17) is 32.8 Å². The number of fused-ring (bicyclic) bond motifs is 2. The number of rotatable bonds is 8. The Morgan fingerprint density at radius 3 is 2.68 bits per heavy atom. The number of hydrogen-bond acceptors (Lipinski definition) is 9. The Morgan fingerprint density at radius 2 is 1.98 bits per heavy atom. The van der Waals surface area contributed by atoms with E-state index in [1.807, 2.05) is 24.3 Å². The van der Waals surface area contributed by atoms with Gasteiger partial charge in [0.25, 0.3) is 0 Å². The lowest BCUT2D eigenvalue weighted by molar-refractivity contribution is -0.111. The van der Waals surface area contributed by atoms with E-state index >= 15 is 0 Å². The third kappa shape index (κ3) is 5.40. The molecule has 3 aliphatic heterocycles. The van der Waals surface area contributed by atoms with E-state index in [9.17, 15) is 4.79 Å². The summed E-state index contributed by atoms with van der Waals surface area (Å²) < 4.78 is 5.80. The van der Waals surface area contributed by atoms with Crippen molar-refractivity contribution in [2.75, 3.05) is 54.5 Å². The lowest BCUT2D eigenvalue weighted by Crippen LogP contribution is -2.44. The van der Waals surface area contributed by atoms with Gasteiger partial charge in [-0.1, -0.05) is 35.8 Å². The maximum absolute atomic E-state index is 12.4. The molecular weight excluding hydrogens is 565 g/mol. The maximum Gasteiger partial charge on any atom is 0.247 e. The molecular formula is C29H31Cl2N7O3. The fourth-order valence-electron chi connectivity index (χ4n) is 5.91. The molecule has 4 heterocycles. The summed E-state index contributed by atoms with van der Waals surface area (Å²) in [6.07, 6.45) is 4.60. The Balaban J connectivity index is 1.30. The van der Waals surface area contributed by atoms with Gasteiger partial charge in [0.05, 0.1) is 46.9 Å². The molecule has 214 valence electrons. The summed E-state index contributed by atoms with van der Waals surface area (Å²) in [7, 11) is 3.79. The van der Waals surface area contributed by atoms with Crippen LogP contribution in [-0.2, 0) is 9.63 Å². The van der Waals surface area contributed by atoms with Gasteiger partial charge in [0.2, 0.25) is 5.91 Å². The van der Waals surface area contributed by atoms with E-state index in [-0.39, 0.29) is 11.9 Å². The van der Waals surface area contributed by atoms with Gasteiger partial charge in [0.15, 0.2) is 5.82 Å². The molecule has 0 unspecified atom stereocenters. The van der Waals surface area contributed by atoms with Crippen LogP contribution in [0.3, 0.4) is 0 Å². The van der Waals surface area contributed by atoms with Crippen molar-refractivity contribution < 1.29 is 14.4 Å². The summed E-state index contributed by atoms with van der Waals surface area (Å²) in [4.78, 5) is 32.0. The first-order chi connectivity index (χ1) is 19.8. The van der Waals surface area contributed by atoms with Crippen molar-refractivity contribution in [2.24, 2.45) is 0 Å². The summed E-state index contributed by atoms with van der Waals surface area (Å²) in [5, 5.41) is 9.09. The number of hydroxylamine groups is 1. The molecule has 2 bridgehead atoms. The first-order valence-corrected chi connectivity index (χ1v) is 14.2. The number of benzene rings is 2. The molecule has 1 amide bonds. The Bertz CT molecular complexity index is 1490. The Labute approximate surface area is 248 Å². The number of aromatic nitrogens is 2. The predicted octanol–water partition coefficient (Wildman–Crippen LogP) is 5.44. The molecule has 3 fully saturated rings. The van der Waals surface area contributed by atoms with Crippen LogP contribution >= 0.6 is 23.2 Å². The molecule has 0 spiro atoms. The highest BCUT2D eigenvalue weighted by atomic mass is 35.5. The minimum atomic E-state index is -0.285. The molecule has 0 aliphatic carbocycles. The number of carbonyl (C=O) groups excluding carboxylic acids is 1. The first-order valence-electron chi connectivity index (χ1n) is 13.4. The van der Waals surface area contributed by atoms with Crippen molar-refractivity contribution in [3.8, 4) is 5.75 Å². The van der Waals surface area contributed by atoms with Crippen molar-refractivity contribution in [3.63, 3.8) is 0 Å². The van der Waals surface area contributed by atoms with Gasteiger partial charge in [-0.3, -0.25) is 14.5 Å². The van der Waals surface area contributed by atoms with Crippen LogP contribution in [0.2, 0.25) is 10.0 Å². The van der Waals surface area contributed by atoms with Crippen LogP contribution in [0.15, 0.2) is 55.4 Å². The van der Waals surface area contributed by atoms with Crippen molar-refractivity contribution in [2.45, 2.75) is 31.0 Å². The van der Waals surface area contributed by atoms with Crippen LogP contribution in [0.4, 0.5) is 28.7 Å². The Kier molecular flexibility index (Phi) is 7.65. The number of hydrogen-bond donors (Lipinski definition) is 2.